The first-order chi connectivity index (χ1) is 10.3. The summed E-state index contributed by atoms with van der Waals surface area (Å²) in [6.45, 7) is 3.96. The Morgan fingerprint density at radius 1 is 1.14 bits per heavy atom. The lowest BCUT2D eigenvalue weighted by molar-refractivity contribution is 0.391. The summed E-state index contributed by atoms with van der Waals surface area (Å²) in [4.78, 5) is 0. The van der Waals surface area contributed by atoms with E-state index in [1.807, 2.05) is 25.1 Å². The molecule has 0 unspecified atom stereocenters. The Hall–Kier alpha value is -2.28. The van der Waals surface area contributed by atoms with Crippen LogP contribution in [0.15, 0.2) is 22.6 Å². The molecule has 1 aromatic heterocycles. The molecule has 0 aliphatic heterocycles. The number of anilines is 1. The van der Waals surface area contributed by atoms with E-state index in [1.165, 1.54) is 0 Å². The van der Waals surface area contributed by atoms with Crippen molar-refractivity contribution in [2.45, 2.75) is 20.0 Å². The van der Waals surface area contributed by atoms with Gasteiger partial charge in [0.05, 0.1) is 20.8 Å². The molecule has 2 rings (SSSR count). The van der Waals surface area contributed by atoms with Gasteiger partial charge in [-0.2, -0.15) is 0 Å². The molecule has 0 radical (unpaired) electrons. The predicted molar refractivity (Wildman–Crippen MR) is 78.6 cm³/mol. The molecule has 2 N–H and O–H groups in total. The number of benzene rings is 1. The van der Waals surface area contributed by atoms with E-state index in [2.05, 4.69) is 20.8 Å². The summed E-state index contributed by atoms with van der Waals surface area (Å²) < 4.78 is 16.0. The topological polar surface area (TPSA) is 81.4 Å². The Kier molecular flexibility index (Phi) is 5.39. The Bertz CT molecular complexity index is 571. The minimum atomic E-state index is 0.390. The first-order valence-corrected chi connectivity index (χ1v) is 6.74. The number of methoxy groups -OCH3 is 2. The molecule has 0 saturated heterocycles. The van der Waals surface area contributed by atoms with Gasteiger partial charge in [-0.25, -0.2) is 0 Å². The molecule has 0 saturated carbocycles. The number of hydrogen-bond acceptors (Lipinski definition) is 7. The van der Waals surface area contributed by atoms with Gasteiger partial charge in [-0.1, -0.05) is 12.0 Å². The van der Waals surface area contributed by atoms with E-state index < -0.39 is 0 Å². The zero-order chi connectivity index (χ0) is 15.1. The minimum absolute atomic E-state index is 0.390. The van der Waals surface area contributed by atoms with Crippen LogP contribution >= 0.6 is 0 Å². The zero-order valence-corrected chi connectivity index (χ0v) is 12.5. The molecule has 0 bridgehead atoms. The molecule has 7 heteroatoms. The van der Waals surface area contributed by atoms with E-state index in [0.29, 0.717) is 25.0 Å². The summed E-state index contributed by atoms with van der Waals surface area (Å²) in [5.74, 6) is 2.05. The van der Waals surface area contributed by atoms with Gasteiger partial charge in [0.1, 0.15) is 11.5 Å². The number of nitrogens with zero attached hydrogens (tertiary/aromatic N) is 2. The van der Waals surface area contributed by atoms with Crippen LogP contribution < -0.4 is 20.1 Å². The highest BCUT2D eigenvalue weighted by Crippen LogP contribution is 2.25. The average molecular weight is 292 g/mol. The third-order valence-electron chi connectivity index (χ3n) is 2.92. The molecule has 2 aromatic rings. The summed E-state index contributed by atoms with van der Waals surface area (Å²) in [7, 11) is 3.25. The van der Waals surface area contributed by atoms with Gasteiger partial charge < -0.3 is 24.5 Å². The first-order valence-electron chi connectivity index (χ1n) is 6.74. The van der Waals surface area contributed by atoms with Gasteiger partial charge in [0, 0.05) is 18.2 Å². The maximum Gasteiger partial charge on any atom is 0.315 e. The highest BCUT2D eigenvalue weighted by Gasteiger charge is 2.08. The van der Waals surface area contributed by atoms with E-state index >= 15 is 0 Å². The number of rotatable bonds is 8. The van der Waals surface area contributed by atoms with Gasteiger partial charge in [0.25, 0.3) is 0 Å². The van der Waals surface area contributed by atoms with Crippen molar-refractivity contribution < 1.29 is 13.9 Å². The lowest BCUT2D eigenvalue weighted by Gasteiger charge is -2.10. The maximum absolute atomic E-state index is 5.46. The molecule has 0 aliphatic carbocycles. The quantitative estimate of drug-likeness (QED) is 0.767. The zero-order valence-electron chi connectivity index (χ0n) is 12.5. The summed E-state index contributed by atoms with van der Waals surface area (Å²) in [6.07, 6.45) is 0. The molecule has 1 aromatic carbocycles. The lowest BCUT2D eigenvalue weighted by atomic mass is 10.2. The second-order valence-corrected chi connectivity index (χ2v) is 4.31. The van der Waals surface area contributed by atoms with Gasteiger partial charge in [0.2, 0.25) is 5.89 Å². The van der Waals surface area contributed by atoms with Crippen molar-refractivity contribution in [1.82, 2.24) is 15.5 Å². The fourth-order valence-corrected chi connectivity index (χ4v) is 1.80. The number of nitrogens with one attached hydrogen (secondary N) is 2. The average Bonchev–Trinajstić information content (AvgIpc) is 2.98. The van der Waals surface area contributed by atoms with Crippen molar-refractivity contribution in [2.24, 2.45) is 0 Å². The molecule has 0 atom stereocenters. The van der Waals surface area contributed by atoms with Crippen molar-refractivity contribution in [1.29, 1.82) is 0 Å². The molecule has 0 aliphatic rings. The SMILES string of the molecule is CCNCc1nnc(NCc2ccc(OC)cc2OC)o1. The van der Waals surface area contributed by atoms with Crippen LogP contribution in [-0.2, 0) is 13.1 Å². The molecule has 1 heterocycles. The summed E-state index contributed by atoms with van der Waals surface area (Å²) >= 11 is 0. The van der Waals surface area contributed by atoms with Crippen LogP contribution in [0, 0.1) is 0 Å². The highest BCUT2D eigenvalue weighted by atomic mass is 16.5. The maximum atomic E-state index is 5.46. The predicted octanol–water partition coefficient (Wildman–Crippen LogP) is 1.81. The van der Waals surface area contributed by atoms with E-state index in [-0.39, 0.29) is 0 Å². The van der Waals surface area contributed by atoms with E-state index in [1.54, 1.807) is 14.2 Å². The Morgan fingerprint density at radius 3 is 2.71 bits per heavy atom. The smallest absolute Gasteiger partial charge is 0.315 e. The van der Waals surface area contributed by atoms with Gasteiger partial charge in [-0.05, 0) is 18.7 Å². The molecule has 21 heavy (non-hydrogen) atoms. The summed E-state index contributed by atoms with van der Waals surface area (Å²) in [6, 6.07) is 6.03. The minimum Gasteiger partial charge on any atom is -0.497 e. The lowest BCUT2D eigenvalue weighted by Crippen LogP contribution is -2.11. The summed E-state index contributed by atoms with van der Waals surface area (Å²) in [5.41, 5.74) is 0.977. The Morgan fingerprint density at radius 2 is 2.00 bits per heavy atom. The molecule has 0 fully saturated rings. The normalized spacial score (nSPS) is 10.4. The van der Waals surface area contributed by atoms with E-state index in [9.17, 15) is 0 Å². The van der Waals surface area contributed by atoms with Gasteiger partial charge >= 0.3 is 6.01 Å². The number of ether oxygens (including phenoxy) is 2. The van der Waals surface area contributed by atoms with E-state index in [4.69, 9.17) is 13.9 Å². The van der Waals surface area contributed by atoms with Crippen LogP contribution in [0.1, 0.15) is 18.4 Å². The third kappa shape index (κ3) is 4.09. The number of aromatic nitrogens is 2. The van der Waals surface area contributed by atoms with Gasteiger partial charge in [-0.3, -0.25) is 0 Å². The van der Waals surface area contributed by atoms with E-state index in [0.717, 1.165) is 23.6 Å². The molecule has 114 valence electrons. The standard InChI is InChI=1S/C14H20N4O3/c1-4-15-9-13-17-18-14(21-13)16-8-10-5-6-11(19-2)7-12(10)20-3/h5-7,15H,4,8-9H2,1-3H3,(H,16,18). The monoisotopic (exact) mass is 292 g/mol. The molecule has 0 spiro atoms. The second kappa shape index (κ2) is 7.49. The highest BCUT2D eigenvalue weighted by molar-refractivity contribution is 5.42. The molecule has 7 nitrogen and oxygen atoms in total. The Labute approximate surface area is 123 Å². The van der Waals surface area contributed by atoms with Crippen molar-refractivity contribution in [2.75, 3.05) is 26.1 Å². The number of hydrogen-bond donors (Lipinski definition) is 2. The van der Waals surface area contributed by atoms with Crippen LogP contribution in [-0.4, -0.2) is 31.0 Å². The molecule has 0 amide bonds. The summed E-state index contributed by atoms with van der Waals surface area (Å²) in [5, 5.41) is 14.1. The van der Waals surface area contributed by atoms with Gasteiger partial charge in [-0.15, -0.1) is 5.10 Å². The third-order valence-corrected chi connectivity index (χ3v) is 2.92. The first kappa shape index (κ1) is 15.1. The fraction of sp³-hybridized carbons (Fsp3) is 0.429. The largest absolute Gasteiger partial charge is 0.497 e. The van der Waals surface area contributed by atoms with Crippen LogP contribution in [0.4, 0.5) is 6.01 Å². The van der Waals surface area contributed by atoms with Crippen LogP contribution in [0.25, 0.3) is 0 Å². The van der Waals surface area contributed by atoms with Crippen molar-refractivity contribution in [3.05, 3.63) is 29.7 Å². The van der Waals surface area contributed by atoms with Crippen molar-refractivity contribution in [3.8, 4) is 11.5 Å². The van der Waals surface area contributed by atoms with Crippen molar-refractivity contribution >= 4 is 6.01 Å². The van der Waals surface area contributed by atoms with Crippen LogP contribution in [0.5, 0.6) is 11.5 Å². The van der Waals surface area contributed by atoms with Crippen molar-refractivity contribution in [3.63, 3.8) is 0 Å². The Balaban J connectivity index is 1.97. The van der Waals surface area contributed by atoms with Gasteiger partial charge in [0.15, 0.2) is 0 Å². The second-order valence-electron chi connectivity index (χ2n) is 4.31. The van der Waals surface area contributed by atoms with Crippen LogP contribution in [0.3, 0.4) is 0 Å². The van der Waals surface area contributed by atoms with Crippen LogP contribution in [0.2, 0.25) is 0 Å². The molecular formula is C14H20N4O3. The fourth-order valence-electron chi connectivity index (χ4n) is 1.80. The molecular weight excluding hydrogens is 272 g/mol.